The topological polar surface area (TPSA) is 12.0 Å². The van der Waals surface area contributed by atoms with E-state index in [2.05, 4.69) is 5.32 Å². The van der Waals surface area contributed by atoms with Gasteiger partial charge in [0, 0.05) is 6.42 Å². The summed E-state index contributed by atoms with van der Waals surface area (Å²) >= 11 is 0. The van der Waals surface area contributed by atoms with Gasteiger partial charge in [-0.3, -0.25) is 0 Å². The minimum atomic E-state index is -5.41. The number of nitrogens with one attached hydrogen (secondary N) is 1. The number of alkyl halides is 5. The van der Waals surface area contributed by atoms with Crippen molar-refractivity contribution in [1.82, 2.24) is 5.32 Å². The third-order valence-corrected chi connectivity index (χ3v) is 1.83. The zero-order chi connectivity index (χ0) is 11.2. The SMILES string of the molecule is CNCCCCCC(F)(F)C(F)(F)F. The second kappa shape index (κ2) is 5.48. The first-order valence-corrected chi connectivity index (χ1v) is 4.40. The lowest BCUT2D eigenvalue weighted by molar-refractivity contribution is -0.284. The highest BCUT2D eigenvalue weighted by Gasteiger charge is 2.56. The summed E-state index contributed by atoms with van der Waals surface area (Å²) in [4.78, 5) is 0. The van der Waals surface area contributed by atoms with E-state index < -0.39 is 18.5 Å². The molecule has 0 saturated heterocycles. The van der Waals surface area contributed by atoms with Crippen LogP contribution in [0.4, 0.5) is 22.0 Å². The van der Waals surface area contributed by atoms with E-state index in [1.165, 1.54) is 0 Å². The van der Waals surface area contributed by atoms with Gasteiger partial charge in [0.2, 0.25) is 0 Å². The Morgan fingerprint density at radius 1 is 0.929 bits per heavy atom. The molecule has 0 amide bonds. The predicted molar refractivity (Wildman–Crippen MR) is 43.4 cm³/mol. The van der Waals surface area contributed by atoms with Crippen LogP contribution in [0.3, 0.4) is 0 Å². The lowest BCUT2D eigenvalue weighted by Gasteiger charge is -2.19. The molecule has 0 aromatic carbocycles. The molecule has 1 N–H and O–H groups in total. The number of unbranched alkanes of at least 4 members (excludes halogenated alkanes) is 2. The van der Waals surface area contributed by atoms with E-state index in [-0.39, 0.29) is 6.42 Å². The van der Waals surface area contributed by atoms with Crippen LogP contribution in [0.15, 0.2) is 0 Å². The van der Waals surface area contributed by atoms with E-state index in [1.807, 2.05) is 0 Å². The fourth-order valence-electron chi connectivity index (χ4n) is 0.967. The first kappa shape index (κ1) is 13.6. The summed E-state index contributed by atoms with van der Waals surface area (Å²) in [6, 6.07) is 0. The van der Waals surface area contributed by atoms with Crippen LogP contribution in [0.25, 0.3) is 0 Å². The van der Waals surface area contributed by atoms with Crippen LogP contribution in [0, 0.1) is 0 Å². The second-order valence-corrected chi connectivity index (χ2v) is 3.12. The number of rotatable bonds is 6. The molecule has 86 valence electrons. The quantitative estimate of drug-likeness (QED) is 0.535. The Morgan fingerprint density at radius 3 is 1.93 bits per heavy atom. The molecule has 0 aliphatic rings. The van der Waals surface area contributed by atoms with Gasteiger partial charge in [0.05, 0.1) is 0 Å². The Bertz CT molecular complexity index is 154. The Kier molecular flexibility index (Phi) is 5.33. The van der Waals surface area contributed by atoms with Crippen LogP contribution in [0.5, 0.6) is 0 Å². The highest BCUT2D eigenvalue weighted by atomic mass is 19.4. The molecule has 0 spiro atoms. The van der Waals surface area contributed by atoms with Crippen molar-refractivity contribution < 1.29 is 22.0 Å². The van der Waals surface area contributed by atoms with Gasteiger partial charge in [-0.2, -0.15) is 22.0 Å². The Morgan fingerprint density at radius 2 is 1.50 bits per heavy atom. The van der Waals surface area contributed by atoms with Crippen LogP contribution in [-0.2, 0) is 0 Å². The Labute approximate surface area is 79.7 Å². The standard InChI is InChI=1S/C8H14F5N/c1-14-6-4-2-3-5-7(9,10)8(11,12)13/h14H,2-6H2,1H3. The minimum Gasteiger partial charge on any atom is -0.320 e. The van der Waals surface area contributed by atoms with Gasteiger partial charge in [0.25, 0.3) is 0 Å². The lowest BCUT2D eigenvalue weighted by Crippen LogP contribution is -2.36. The third kappa shape index (κ3) is 4.74. The molecule has 0 aliphatic carbocycles. The molecule has 1 nitrogen and oxygen atoms in total. The van der Waals surface area contributed by atoms with Crippen LogP contribution >= 0.6 is 0 Å². The van der Waals surface area contributed by atoms with E-state index in [0.29, 0.717) is 19.4 Å². The normalized spacial score (nSPS) is 13.3. The molecule has 0 aliphatic heterocycles. The monoisotopic (exact) mass is 219 g/mol. The smallest absolute Gasteiger partial charge is 0.320 e. The average molecular weight is 219 g/mol. The van der Waals surface area contributed by atoms with Crippen LogP contribution in [-0.4, -0.2) is 25.7 Å². The van der Waals surface area contributed by atoms with Crippen molar-refractivity contribution in [3.63, 3.8) is 0 Å². The summed E-state index contributed by atoms with van der Waals surface area (Å²) in [5.74, 6) is -4.54. The maximum Gasteiger partial charge on any atom is 0.453 e. The maximum atomic E-state index is 12.3. The van der Waals surface area contributed by atoms with Gasteiger partial charge in [-0.15, -0.1) is 0 Å². The van der Waals surface area contributed by atoms with Gasteiger partial charge in [0.15, 0.2) is 0 Å². The highest BCUT2D eigenvalue weighted by Crippen LogP contribution is 2.39. The van der Waals surface area contributed by atoms with Crippen molar-refractivity contribution >= 4 is 0 Å². The van der Waals surface area contributed by atoms with Gasteiger partial charge in [-0.1, -0.05) is 6.42 Å². The van der Waals surface area contributed by atoms with Crippen LogP contribution in [0.1, 0.15) is 25.7 Å². The van der Waals surface area contributed by atoms with Crippen molar-refractivity contribution in [2.24, 2.45) is 0 Å². The molecule has 0 aromatic heterocycles. The fraction of sp³-hybridized carbons (Fsp3) is 1.00. The summed E-state index contributed by atoms with van der Waals surface area (Å²) in [7, 11) is 1.70. The van der Waals surface area contributed by atoms with E-state index in [0.717, 1.165) is 0 Å². The molecule has 0 radical (unpaired) electrons. The lowest BCUT2D eigenvalue weighted by atomic mass is 10.1. The van der Waals surface area contributed by atoms with Gasteiger partial charge < -0.3 is 5.32 Å². The zero-order valence-electron chi connectivity index (χ0n) is 7.93. The number of halogens is 5. The average Bonchev–Trinajstić information content (AvgIpc) is 2.02. The van der Waals surface area contributed by atoms with E-state index >= 15 is 0 Å². The van der Waals surface area contributed by atoms with Gasteiger partial charge in [-0.05, 0) is 26.4 Å². The molecule has 0 fully saturated rings. The van der Waals surface area contributed by atoms with Crippen molar-refractivity contribution in [1.29, 1.82) is 0 Å². The van der Waals surface area contributed by atoms with E-state index in [9.17, 15) is 22.0 Å². The summed E-state index contributed by atoms with van der Waals surface area (Å²) in [6.07, 6.45) is -5.62. The highest BCUT2D eigenvalue weighted by molar-refractivity contribution is 4.75. The molecule has 0 heterocycles. The molecule has 0 saturated carbocycles. The molecule has 0 atom stereocenters. The van der Waals surface area contributed by atoms with Gasteiger partial charge in [-0.25, -0.2) is 0 Å². The maximum absolute atomic E-state index is 12.3. The molecule has 0 bridgehead atoms. The Hall–Kier alpha value is -0.390. The van der Waals surface area contributed by atoms with Gasteiger partial charge in [0.1, 0.15) is 0 Å². The summed E-state index contributed by atoms with van der Waals surface area (Å²) in [5, 5.41) is 2.79. The van der Waals surface area contributed by atoms with Crippen LogP contribution < -0.4 is 5.32 Å². The van der Waals surface area contributed by atoms with E-state index in [4.69, 9.17) is 0 Å². The predicted octanol–water partition coefficient (Wildman–Crippen LogP) is 2.96. The van der Waals surface area contributed by atoms with Crippen molar-refractivity contribution in [2.45, 2.75) is 37.8 Å². The first-order valence-electron chi connectivity index (χ1n) is 4.40. The molecule has 0 unspecified atom stereocenters. The third-order valence-electron chi connectivity index (χ3n) is 1.83. The molecule has 6 heteroatoms. The fourth-order valence-corrected chi connectivity index (χ4v) is 0.967. The van der Waals surface area contributed by atoms with Crippen LogP contribution in [0.2, 0.25) is 0 Å². The molecular weight excluding hydrogens is 205 g/mol. The number of hydrogen-bond donors (Lipinski definition) is 1. The summed E-state index contributed by atoms with van der Waals surface area (Å²) in [6.45, 7) is 0.636. The molecular formula is C8H14F5N. The Balaban J connectivity index is 3.67. The molecule has 14 heavy (non-hydrogen) atoms. The first-order chi connectivity index (χ1) is 6.31. The largest absolute Gasteiger partial charge is 0.453 e. The van der Waals surface area contributed by atoms with Crippen molar-refractivity contribution in [3.05, 3.63) is 0 Å². The number of hydrogen-bond acceptors (Lipinski definition) is 1. The van der Waals surface area contributed by atoms with Crippen molar-refractivity contribution in [2.75, 3.05) is 13.6 Å². The summed E-state index contributed by atoms with van der Waals surface area (Å²) < 4.78 is 59.5. The second-order valence-electron chi connectivity index (χ2n) is 3.12. The summed E-state index contributed by atoms with van der Waals surface area (Å²) in [5.41, 5.74) is 0. The van der Waals surface area contributed by atoms with Crippen molar-refractivity contribution in [3.8, 4) is 0 Å². The van der Waals surface area contributed by atoms with Gasteiger partial charge >= 0.3 is 12.1 Å². The molecule has 0 aromatic rings. The van der Waals surface area contributed by atoms with E-state index in [1.54, 1.807) is 7.05 Å². The minimum absolute atomic E-state index is 0.103. The molecule has 0 rings (SSSR count). The zero-order valence-corrected chi connectivity index (χ0v) is 7.93.